The molecule has 0 aromatic heterocycles. The van der Waals surface area contributed by atoms with E-state index in [1.54, 1.807) is 13.0 Å². The number of halogens is 1. The number of hydrogen-bond donors (Lipinski definition) is 1. The van der Waals surface area contributed by atoms with E-state index in [9.17, 15) is 4.79 Å². The molecule has 3 unspecified atom stereocenters. The van der Waals surface area contributed by atoms with Gasteiger partial charge in [-0.25, -0.2) is 0 Å². The molecule has 1 fully saturated rings. The van der Waals surface area contributed by atoms with Crippen LogP contribution in [0.2, 0.25) is 5.02 Å². The highest BCUT2D eigenvalue weighted by molar-refractivity contribution is 6.32. The molecule has 134 valence electrons. The molecule has 1 saturated heterocycles. The fourth-order valence-electron chi connectivity index (χ4n) is 2.89. The minimum Gasteiger partial charge on any atom is -0.479 e. The topological polar surface area (TPSA) is 50.8 Å². The van der Waals surface area contributed by atoms with Gasteiger partial charge < -0.3 is 14.8 Å². The summed E-state index contributed by atoms with van der Waals surface area (Å²) >= 11 is 6.10. The molecule has 2 rings (SSSR count). The Labute approximate surface area is 149 Å². The largest absolute Gasteiger partial charge is 0.479 e. The Kier molecular flexibility index (Phi) is 6.90. The number of benzene rings is 1. The van der Waals surface area contributed by atoms with E-state index in [0.29, 0.717) is 17.3 Å². The third-order valence-electron chi connectivity index (χ3n) is 3.98. The first-order valence-corrected chi connectivity index (χ1v) is 8.81. The van der Waals surface area contributed by atoms with Crippen LogP contribution in [0, 0.1) is 6.92 Å². The van der Waals surface area contributed by atoms with E-state index < -0.39 is 6.10 Å². The molecule has 0 spiro atoms. The van der Waals surface area contributed by atoms with Gasteiger partial charge in [0, 0.05) is 26.2 Å². The lowest BCUT2D eigenvalue weighted by atomic mass is 10.2. The van der Waals surface area contributed by atoms with Gasteiger partial charge in [-0.05, 0) is 45.4 Å². The molecule has 0 radical (unpaired) electrons. The number of ether oxygens (including phenoxy) is 2. The van der Waals surface area contributed by atoms with E-state index in [-0.39, 0.29) is 18.1 Å². The first kappa shape index (κ1) is 19.0. The molecule has 1 aliphatic rings. The predicted octanol–water partition coefficient (Wildman–Crippen LogP) is 2.64. The number of rotatable bonds is 6. The van der Waals surface area contributed by atoms with E-state index in [0.717, 1.165) is 25.2 Å². The van der Waals surface area contributed by atoms with Crippen LogP contribution in [0.1, 0.15) is 26.3 Å². The van der Waals surface area contributed by atoms with E-state index in [1.807, 2.05) is 19.1 Å². The van der Waals surface area contributed by atoms with Gasteiger partial charge in [-0.1, -0.05) is 17.7 Å². The predicted molar refractivity (Wildman–Crippen MR) is 95.7 cm³/mol. The lowest BCUT2D eigenvalue weighted by Crippen LogP contribution is -2.48. The minimum atomic E-state index is -0.591. The fourth-order valence-corrected chi connectivity index (χ4v) is 3.05. The summed E-state index contributed by atoms with van der Waals surface area (Å²) in [4.78, 5) is 14.5. The summed E-state index contributed by atoms with van der Waals surface area (Å²) in [6.45, 7) is 11.0. The monoisotopic (exact) mass is 354 g/mol. The molecule has 5 nitrogen and oxygen atoms in total. The Morgan fingerprint density at radius 3 is 2.75 bits per heavy atom. The number of nitrogens with zero attached hydrogens (tertiary/aromatic N) is 1. The Balaban J connectivity index is 1.76. The van der Waals surface area contributed by atoms with E-state index in [1.165, 1.54) is 0 Å². The second-order valence-corrected chi connectivity index (χ2v) is 6.91. The summed E-state index contributed by atoms with van der Waals surface area (Å²) in [5.41, 5.74) is 1.04. The van der Waals surface area contributed by atoms with Crippen LogP contribution in [-0.2, 0) is 9.53 Å². The maximum atomic E-state index is 12.2. The molecular formula is C18H27ClN2O3. The summed E-state index contributed by atoms with van der Waals surface area (Å²) in [7, 11) is 0. The molecule has 6 heteroatoms. The lowest BCUT2D eigenvalue weighted by Gasteiger charge is -2.35. The molecule has 24 heavy (non-hydrogen) atoms. The minimum absolute atomic E-state index is 0.137. The number of morpholine rings is 1. The van der Waals surface area contributed by atoms with Crippen LogP contribution in [0.25, 0.3) is 0 Å². The van der Waals surface area contributed by atoms with E-state index >= 15 is 0 Å². The van der Waals surface area contributed by atoms with Crippen LogP contribution in [-0.4, -0.2) is 55.3 Å². The number of carbonyl (C=O) groups excluding carboxylic acids is 1. The number of aryl methyl sites for hydroxylation is 1. The fraction of sp³-hybridized carbons (Fsp3) is 0.611. The number of hydrogen-bond acceptors (Lipinski definition) is 4. The van der Waals surface area contributed by atoms with Crippen molar-refractivity contribution in [2.45, 2.75) is 46.0 Å². The van der Waals surface area contributed by atoms with Gasteiger partial charge in [0.15, 0.2) is 6.10 Å². The van der Waals surface area contributed by atoms with E-state index in [4.69, 9.17) is 21.1 Å². The highest BCUT2D eigenvalue weighted by Crippen LogP contribution is 2.26. The highest BCUT2D eigenvalue weighted by atomic mass is 35.5. The molecule has 3 atom stereocenters. The van der Waals surface area contributed by atoms with Crippen molar-refractivity contribution in [3.05, 3.63) is 28.8 Å². The SMILES string of the molecule is Cc1ccc(Cl)c(OC(C)C(=O)NCCN2CC(C)OC(C)C2)c1. The molecule has 1 N–H and O–H groups in total. The van der Waals surface area contributed by atoms with Crippen LogP contribution in [0.3, 0.4) is 0 Å². The van der Waals surface area contributed by atoms with Crippen LogP contribution in [0.4, 0.5) is 0 Å². The van der Waals surface area contributed by atoms with Crippen molar-refractivity contribution in [3.8, 4) is 5.75 Å². The normalized spacial score (nSPS) is 22.9. The summed E-state index contributed by atoms with van der Waals surface area (Å²) in [5, 5.41) is 3.43. The molecule has 1 aromatic rings. The second-order valence-electron chi connectivity index (χ2n) is 6.50. The van der Waals surface area contributed by atoms with Gasteiger partial charge in [0.05, 0.1) is 17.2 Å². The Morgan fingerprint density at radius 2 is 2.08 bits per heavy atom. The van der Waals surface area contributed by atoms with Crippen LogP contribution >= 0.6 is 11.6 Å². The van der Waals surface area contributed by atoms with Crippen molar-refractivity contribution in [3.63, 3.8) is 0 Å². The standard InChI is InChI=1S/C18H27ClN2O3/c1-12-5-6-16(19)17(9-12)24-15(4)18(22)20-7-8-21-10-13(2)23-14(3)11-21/h5-6,9,13-15H,7-8,10-11H2,1-4H3,(H,20,22). The smallest absolute Gasteiger partial charge is 0.260 e. The summed E-state index contributed by atoms with van der Waals surface area (Å²) in [5.74, 6) is 0.400. The second kappa shape index (κ2) is 8.70. The van der Waals surface area contributed by atoms with Crippen molar-refractivity contribution >= 4 is 17.5 Å². The van der Waals surface area contributed by atoms with Gasteiger partial charge in [-0.2, -0.15) is 0 Å². The zero-order valence-corrected chi connectivity index (χ0v) is 15.6. The highest BCUT2D eigenvalue weighted by Gasteiger charge is 2.22. The van der Waals surface area contributed by atoms with Gasteiger partial charge in [-0.15, -0.1) is 0 Å². The Morgan fingerprint density at radius 1 is 1.42 bits per heavy atom. The molecule has 0 aliphatic carbocycles. The number of carbonyl (C=O) groups is 1. The molecule has 1 heterocycles. The van der Waals surface area contributed by atoms with Gasteiger partial charge in [0.1, 0.15) is 5.75 Å². The zero-order valence-electron chi connectivity index (χ0n) is 14.8. The maximum absolute atomic E-state index is 12.2. The molecule has 1 amide bonds. The maximum Gasteiger partial charge on any atom is 0.260 e. The quantitative estimate of drug-likeness (QED) is 0.853. The van der Waals surface area contributed by atoms with Crippen molar-refractivity contribution in [2.75, 3.05) is 26.2 Å². The first-order valence-electron chi connectivity index (χ1n) is 8.43. The lowest BCUT2D eigenvalue weighted by molar-refractivity contribution is -0.127. The van der Waals surface area contributed by atoms with Gasteiger partial charge in [0.2, 0.25) is 0 Å². The van der Waals surface area contributed by atoms with Crippen molar-refractivity contribution < 1.29 is 14.3 Å². The molecule has 0 bridgehead atoms. The number of nitrogens with one attached hydrogen (secondary N) is 1. The van der Waals surface area contributed by atoms with Crippen molar-refractivity contribution in [1.29, 1.82) is 0 Å². The van der Waals surface area contributed by atoms with Crippen LogP contribution < -0.4 is 10.1 Å². The van der Waals surface area contributed by atoms with E-state index in [2.05, 4.69) is 24.1 Å². The molecular weight excluding hydrogens is 328 g/mol. The molecule has 1 aliphatic heterocycles. The third kappa shape index (κ3) is 5.65. The average Bonchev–Trinajstić information content (AvgIpc) is 2.49. The van der Waals surface area contributed by atoms with Gasteiger partial charge in [-0.3, -0.25) is 9.69 Å². The van der Waals surface area contributed by atoms with Gasteiger partial charge >= 0.3 is 0 Å². The number of amides is 1. The first-order chi connectivity index (χ1) is 11.3. The van der Waals surface area contributed by atoms with Crippen molar-refractivity contribution in [2.24, 2.45) is 0 Å². The third-order valence-corrected chi connectivity index (χ3v) is 4.29. The Hall–Kier alpha value is -1.30. The van der Waals surface area contributed by atoms with Crippen LogP contribution in [0.15, 0.2) is 18.2 Å². The van der Waals surface area contributed by atoms with Gasteiger partial charge in [0.25, 0.3) is 5.91 Å². The summed E-state index contributed by atoms with van der Waals surface area (Å²) < 4.78 is 11.4. The Bertz CT molecular complexity index is 557. The summed E-state index contributed by atoms with van der Waals surface area (Å²) in [6.07, 6.45) is -0.128. The zero-order chi connectivity index (χ0) is 17.7. The van der Waals surface area contributed by atoms with Crippen molar-refractivity contribution in [1.82, 2.24) is 10.2 Å². The van der Waals surface area contributed by atoms with Crippen LogP contribution in [0.5, 0.6) is 5.75 Å². The average molecular weight is 355 g/mol. The molecule has 0 saturated carbocycles. The summed E-state index contributed by atoms with van der Waals surface area (Å²) in [6, 6.07) is 5.52. The molecule has 1 aromatic carbocycles.